The van der Waals surface area contributed by atoms with Gasteiger partial charge in [0.25, 0.3) is 5.91 Å². The molecular weight excluding hydrogens is 430 g/mol. The molecule has 3 aliphatic rings. The van der Waals surface area contributed by atoms with Gasteiger partial charge in [-0.3, -0.25) is 9.59 Å². The topological polar surface area (TPSA) is 43.9 Å². The number of hydrogen-bond acceptors (Lipinski definition) is 4. The molecule has 0 radical (unpaired) electrons. The van der Waals surface area contributed by atoms with Crippen molar-refractivity contribution in [3.63, 3.8) is 0 Å². The molecule has 5 nitrogen and oxygen atoms in total. The molecule has 0 N–H and O–H groups in total. The monoisotopic (exact) mass is 445 g/mol. The molecule has 2 aromatic rings. The lowest BCUT2D eigenvalue weighted by molar-refractivity contribution is -0.126. The van der Waals surface area contributed by atoms with Crippen LogP contribution in [-0.2, 0) is 9.59 Å². The fourth-order valence-electron chi connectivity index (χ4n) is 4.62. The van der Waals surface area contributed by atoms with Crippen LogP contribution < -0.4 is 4.90 Å². The summed E-state index contributed by atoms with van der Waals surface area (Å²) in [5, 5.41) is 4.97. The van der Waals surface area contributed by atoms with Gasteiger partial charge in [-0.25, -0.2) is 14.9 Å². The minimum Gasteiger partial charge on any atom is -0.274 e. The van der Waals surface area contributed by atoms with Crippen molar-refractivity contribution < 1.29 is 9.59 Å². The SMILES string of the molecule is O=C1[C@@H]2[C@H](C(=O)N1c1ccc(Br)cc1)N1CCCN1[C@H]2c1ccc(Cl)cc1. The van der Waals surface area contributed by atoms with Gasteiger partial charge >= 0.3 is 0 Å². The molecule has 3 heterocycles. The molecule has 0 saturated carbocycles. The van der Waals surface area contributed by atoms with E-state index in [9.17, 15) is 9.59 Å². The van der Waals surface area contributed by atoms with Crippen molar-refractivity contribution in [2.45, 2.75) is 18.5 Å². The van der Waals surface area contributed by atoms with E-state index < -0.39 is 12.0 Å². The lowest BCUT2D eigenvalue weighted by atomic mass is 9.90. The molecule has 0 aliphatic carbocycles. The summed E-state index contributed by atoms with van der Waals surface area (Å²) in [6.07, 6.45) is 0.993. The molecular formula is C20H17BrClN3O2. The molecule has 27 heavy (non-hydrogen) atoms. The van der Waals surface area contributed by atoms with Crippen LogP contribution in [0.15, 0.2) is 53.0 Å². The molecule has 138 valence electrons. The standard InChI is InChI=1S/C20H17BrClN3O2/c21-13-4-8-15(9-5-13)25-19(26)16-17(12-2-6-14(22)7-3-12)23-10-1-11-24(23)18(16)20(25)27/h2-9,16-18H,1,10-11H2/t16-,17-,18+/m0/s1. The maximum Gasteiger partial charge on any atom is 0.253 e. The first kappa shape index (κ1) is 17.4. The summed E-state index contributed by atoms with van der Waals surface area (Å²) in [4.78, 5) is 28.0. The number of hydrazine groups is 1. The van der Waals surface area contributed by atoms with Crippen molar-refractivity contribution in [3.8, 4) is 0 Å². The van der Waals surface area contributed by atoms with Gasteiger partial charge in [-0.15, -0.1) is 0 Å². The van der Waals surface area contributed by atoms with Gasteiger partial charge in [-0.05, 0) is 48.4 Å². The summed E-state index contributed by atoms with van der Waals surface area (Å²) in [5.74, 6) is -0.653. The van der Waals surface area contributed by atoms with Crippen LogP contribution in [-0.4, -0.2) is 41.0 Å². The van der Waals surface area contributed by atoms with Crippen molar-refractivity contribution in [1.29, 1.82) is 0 Å². The van der Waals surface area contributed by atoms with Crippen LogP contribution in [0.5, 0.6) is 0 Å². The van der Waals surface area contributed by atoms with Gasteiger partial charge in [0.1, 0.15) is 6.04 Å². The Morgan fingerprint density at radius 1 is 0.852 bits per heavy atom. The van der Waals surface area contributed by atoms with E-state index in [1.165, 1.54) is 4.90 Å². The normalized spacial score (nSPS) is 28.1. The van der Waals surface area contributed by atoms with E-state index >= 15 is 0 Å². The number of imide groups is 1. The Balaban J connectivity index is 1.57. The first-order chi connectivity index (χ1) is 13.1. The second kappa shape index (κ2) is 6.41. The average Bonchev–Trinajstić information content (AvgIpc) is 3.30. The summed E-state index contributed by atoms with van der Waals surface area (Å²) in [6.45, 7) is 1.66. The highest BCUT2D eigenvalue weighted by Gasteiger charge is 2.62. The molecule has 5 rings (SSSR count). The highest BCUT2D eigenvalue weighted by atomic mass is 79.9. The van der Waals surface area contributed by atoms with Crippen LogP contribution in [0.3, 0.4) is 0 Å². The average molecular weight is 447 g/mol. The summed E-state index contributed by atoms with van der Waals surface area (Å²) >= 11 is 9.45. The van der Waals surface area contributed by atoms with E-state index in [4.69, 9.17) is 11.6 Å². The van der Waals surface area contributed by atoms with E-state index in [2.05, 4.69) is 25.9 Å². The number of benzene rings is 2. The predicted molar refractivity (Wildman–Crippen MR) is 106 cm³/mol. The van der Waals surface area contributed by atoms with Crippen molar-refractivity contribution in [2.75, 3.05) is 18.0 Å². The van der Waals surface area contributed by atoms with Gasteiger partial charge in [-0.1, -0.05) is 39.7 Å². The van der Waals surface area contributed by atoms with Crippen LogP contribution in [0, 0.1) is 5.92 Å². The minimum absolute atomic E-state index is 0.123. The summed E-state index contributed by atoms with van der Waals surface area (Å²) in [6, 6.07) is 14.4. The molecule has 3 atom stereocenters. The zero-order valence-corrected chi connectivity index (χ0v) is 16.7. The van der Waals surface area contributed by atoms with Crippen LogP contribution in [0.25, 0.3) is 0 Å². The highest BCUT2D eigenvalue weighted by molar-refractivity contribution is 9.10. The summed E-state index contributed by atoms with van der Waals surface area (Å²) in [7, 11) is 0. The van der Waals surface area contributed by atoms with E-state index in [-0.39, 0.29) is 17.9 Å². The van der Waals surface area contributed by atoms with Gasteiger partial charge in [0.05, 0.1) is 17.6 Å². The van der Waals surface area contributed by atoms with Crippen LogP contribution >= 0.6 is 27.5 Å². The number of nitrogens with zero attached hydrogens (tertiary/aromatic N) is 3. The number of carbonyl (C=O) groups excluding carboxylic acids is 2. The molecule has 0 aromatic heterocycles. The first-order valence-electron chi connectivity index (χ1n) is 8.98. The van der Waals surface area contributed by atoms with E-state index in [0.717, 1.165) is 29.5 Å². The smallest absolute Gasteiger partial charge is 0.253 e. The molecule has 3 fully saturated rings. The molecule has 2 aromatic carbocycles. The van der Waals surface area contributed by atoms with E-state index in [1.54, 1.807) is 12.1 Å². The van der Waals surface area contributed by atoms with Crippen LogP contribution in [0.4, 0.5) is 5.69 Å². The van der Waals surface area contributed by atoms with Crippen LogP contribution in [0.2, 0.25) is 5.02 Å². The van der Waals surface area contributed by atoms with Gasteiger partial charge in [0.2, 0.25) is 5.91 Å². The molecule has 3 aliphatic heterocycles. The van der Waals surface area contributed by atoms with Crippen molar-refractivity contribution >= 4 is 45.0 Å². The number of anilines is 1. The lowest BCUT2D eigenvalue weighted by Gasteiger charge is -2.29. The second-order valence-corrected chi connectivity index (χ2v) is 8.49. The van der Waals surface area contributed by atoms with E-state index in [1.807, 2.05) is 36.4 Å². The van der Waals surface area contributed by atoms with Crippen molar-refractivity contribution in [2.24, 2.45) is 5.92 Å². The Bertz CT molecular complexity index is 918. The van der Waals surface area contributed by atoms with Crippen molar-refractivity contribution in [3.05, 3.63) is 63.6 Å². The zero-order valence-electron chi connectivity index (χ0n) is 14.4. The Morgan fingerprint density at radius 2 is 1.48 bits per heavy atom. The minimum atomic E-state index is -0.427. The maximum atomic E-state index is 13.4. The molecule has 0 bridgehead atoms. The number of hydrogen-bond donors (Lipinski definition) is 0. The number of amides is 2. The fraction of sp³-hybridized carbons (Fsp3) is 0.300. The predicted octanol–water partition coefficient (Wildman–Crippen LogP) is 3.64. The maximum absolute atomic E-state index is 13.4. The second-order valence-electron chi connectivity index (χ2n) is 7.14. The zero-order chi connectivity index (χ0) is 18.7. The van der Waals surface area contributed by atoms with Crippen LogP contribution in [0.1, 0.15) is 18.0 Å². The lowest BCUT2D eigenvalue weighted by Crippen LogP contribution is -2.44. The number of halogens is 2. The van der Waals surface area contributed by atoms with Crippen molar-refractivity contribution in [1.82, 2.24) is 10.0 Å². The van der Waals surface area contributed by atoms with Gasteiger partial charge in [0, 0.05) is 22.6 Å². The third kappa shape index (κ3) is 2.58. The number of carbonyl (C=O) groups is 2. The Morgan fingerprint density at radius 3 is 2.15 bits per heavy atom. The number of rotatable bonds is 2. The summed E-state index contributed by atoms with van der Waals surface area (Å²) < 4.78 is 0.912. The highest BCUT2D eigenvalue weighted by Crippen LogP contribution is 2.49. The van der Waals surface area contributed by atoms with Gasteiger partial charge in [0.15, 0.2) is 0 Å². The Kier molecular flexibility index (Phi) is 4.13. The summed E-state index contributed by atoms with van der Waals surface area (Å²) in [5.41, 5.74) is 1.65. The molecule has 7 heteroatoms. The third-order valence-corrected chi connectivity index (χ3v) is 6.48. The van der Waals surface area contributed by atoms with Gasteiger partial charge < -0.3 is 0 Å². The van der Waals surface area contributed by atoms with E-state index in [0.29, 0.717) is 10.7 Å². The third-order valence-electron chi connectivity index (χ3n) is 5.70. The molecule has 0 spiro atoms. The molecule has 3 saturated heterocycles. The first-order valence-corrected chi connectivity index (χ1v) is 10.2. The molecule has 0 unspecified atom stereocenters. The quantitative estimate of drug-likeness (QED) is 0.661. The Labute approximate surface area is 170 Å². The largest absolute Gasteiger partial charge is 0.274 e. The van der Waals surface area contributed by atoms with Gasteiger partial charge in [-0.2, -0.15) is 0 Å². The molecule has 2 amide bonds. The fourth-order valence-corrected chi connectivity index (χ4v) is 5.01. The Hall–Kier alpha value is -1.73. The number of fused-ring (bicyclic) bond motifs is 3.